The van der Waals surface area contributed by atoms with Crippen molar-refractivity contribution >= 4 is 55.2 Å². The minimum atomic E-state index is 1.10. The summed E-state index contributed by atoms with van der Waals surface area (Å²) in [7, 11) is 0. The molecule has 1 heterocycles. The Labute approximate surface area is 281 Å². The molecule has 0 saturated carbocycles. The Hall–Kier alpha value is -6.12. The first kappa shape index (κ1) is 28.1. The van der Waals surface area contributed by atoms with E-state index in [4.69, 9.17) is 0 Å². The van der Waals surface area contributed by atoms with Crippen molar-refractivity contribution in [2.45, 2.75) is 12.8 Å². The van der Waals surface area contributed by atoms with Gasteiger partial charge in [-0.1, -0.05) is 133 Å². The van der Waals surface area contributed by atoms with E-state index in [0.29, 0.717) is 0 Å². The van der Waals surface area contributed by atoms with Crippen molar-refractivity contribution in [1.82, 2.24) is 4.57 Å². The molecule has 7 aromatic carbocycles. The van der Waals surface area contributed by atoms with Crippen LogP contribution in [0.15, 0.2) is 182 Å². The fourth-order valence-electron chi connectivity index (χ4n) is 7.28. The molecule has 0 fully saturated rings. The summed E-state index contributed by atoms with van der Waals surface area (Å²) in [5, 5.41) is 5.03. The third-order valence-electron chi connectivity index (χ3n) is 9.59. The van der Waals surface area contributed by atoms with E-state index < -0.39 is 0 Å². The molecular formula is C46H34N2. The third-order valence-corrected chi connectivity index (χ3v) is 9.59. The second-order valence-corrected chi connectivity index (χ2v) is 12.5. The first-order valence-electron chi connectivity index (χ1n) is 16.8. The molecule has 1 aromatic heterocycles. The second-order valence-electron chi connectivity index (χ2n) is 12.5. The van der Waals surface area contributed by atoms with Crippen LogP contribution in [0.4, 0.5) is 17.1 Å². The van der Waals surface area contributed by atoms with Crippen molar-refractivity contribution in [2.75, 3.05) is 4.90 Å². The molecule has 228 valence electrons. The van der Waals surface area contributed by atoms with Gasteiger partial charge in [-0.3, -0.25) is 0 Å². The average molecular weight is 615 g/mol. The molecule has 48 heavy (non-hydrogen) atoms. The number of fused-ring (bicyclic) bond motifs is 5. The minimum Gasteiger partial charge on any atom is -0.310 e. The Morgan fingerprint density at radius 1 is 0.458 bits per heavy atom. The van der Waals surface area contributed by atoms with Crippen LogP contribution in [0.5, 0.6) is 0 Å². The number of hydrogen-bond donors (Lipinski definition) is 0. The molecule has 0 radical (unpaired) electrons. The summed E-state index contributed by atoms with van der Waals surface area (Å²) in [6, 6.07) is 59.5. The van der Waals surface area contributed by atoms with Crippen LogP contribution in [-0.2, 0) is 0 Å². The van der Waals surface area contributed by atoms with Crippen molar-refractivity contribution in [3.63, 3.8) is 0 Å². The molecule has 8 aromatic rings. The summed E-state index contributed by atoms with van der Waals surface area (Å²) >= 11 is 0. The van der Waals surface area contributed by atoms with Gasteiger partial charge in [0.25, 0.3) is 0 Å². The van der Waals surface area contributed by atoms with Gasteiger partial charge in [-0.15, -0.1) is 0 Å². The lowest BCUT2D eigenvalue weighted by Gasteiger charge is -2.27. The lowest BCUT2D eigenvalue weighted by Crippen LogP contribution is -2.10. The van der Waals surface area contributed by atoms with E-state index >= 15 is 0 Å². The highest BCUT2D eigenvalue weighted by atomic mass is 15.1. The van der Waals surface area contributed by atoms with Crippen molar-refractivity contribution in [2.24, 2.45) is 0 Å². The lowest BCUT2D eigenvalue weighted by atomic mass is 9.99. The van der Waals surface area contributed by atoms with Gasteiger partial charge in [0.2, 0.25) is 0 Å². The fraction of sp³-hybridized carbons (Fsp3) is 0.0435. The van der Waals surface area contributed by atoms with Crippen LogP contribution in [0.2, 0.25) is 0 Å². The van der Waals surface area contributed by atoms with Gasteiger partial charge in [0.15, 0.2) is 0 Å². The number of nitrogens with zero attached hydrogens (tertiary/aromatic N) is 2. The van der Waals surface area contributed by atoms with Gasteiger partial charge in [-0.2, -0.15) is 0 Å². The first-order valence-corrected chi connectivity index (χ1v) is 16.8. The summed E-state index contributed by atoms with van der Waals surface area (Å²) in [5.74, 6) is 0. The molecular weight excluding hydrogens is 581 g/mol. The van der Waals surface area contributed by atoms with Crippen LogP contribution >= 0.6 is 0 Å². The van der Waals surface area contributed by atoms with E-state index in [0.717, 1.165) is 35.6 Å². The number of rotatable bonds is 6. The van der Waals surface area contributed by atoms with Gasteiger partial charge < -0.3 is 9.47 Å². The minimum absolute atomic E-state index is 1.10. The quantitative estimate of drug-likeness (QED) is 0.181. The molecule has 0 aliphatic heterocycles. The smallest absolute Gasteiger partial charge is 0.0619 e. The van der Waals surface area contributed by atoms with Crippen LogP contribution in [0.25, 0.3) is 55.0 Å². The summed E-state index contributed by atoms with van der Waals surface area (Å²) in [4.78, 5) is 2.37. The molecule has 1 aliphatic rings. The van der Waals surface area contributed by atoms with E-state index in [1.54, 1.807) is 0 Å². The molecule has 9 rings (SSSR count). The topological polar surface area (TPSA) is 8.17 Å². The monoisotopic (exact) mass is 614 g/mol. The van der Waals surface area contributed by atoms with Gasteiger partial charge in [-0.25, -0.2) is 0 Å². The van der Waals surface area contributed by atoms with Crippen LogP contribution in [0, 0.1) is 0 Å². The van der Waals surface area contributed by atoms with Crippen molar-refractivity contribution in [3.05, 3.63) is 188 Å². The summed E-state index contributed by atoms with van der Waals surface area (Å²) in [6.45, 7) is 0. The predicted octanol–water partition coefficient (Wildman–Crippen LogP) is 12.8. The van der Waals surface area contributed by atoms with Gasteiger partial charge in [0.05, 0.1) is 11.0 Å². The molecule has 0 unspecified atom stereocenters. The lowest BCUT2D eigenvalue weighted by molar-refractivity contribution is 1.04. The van der Waals surface area contributed by atoms with E-state index in [9.17, 15) is 0 Å². The highest BCUT2D eigenvalue weighted by Gasteiger charge is 2.18. The first-order chi connectivity index (χ1) is 23.8. The van der Waals surface area contributed by atoms with E-state index in [2.05, 4.69) is 191 Å². The van der Waals surface area contributed by atoms with Crippen LogP contribution in [0.3, 0.4) is 0 Å². The molecule has 1 aliphatic carbocycles. The molecule has 0 saturated heterocycles. The van der Waals surface area contributed by atoms with Gasteiger partial charge >= 0.3 is 0 Å². The SMILES string of the molecule is C1=CC(c2ccc(N(c3ccc(-c4ccccc4)cc3)c3cccc(-n4c5ccccc5c5ccc6ccccc6c54)c3)cc2)=CCC1. The second kappa shape index (κ2) is 11.9. The molecule has 0 spiro atoms. The zero-order valence-electron chi connectivity index (χ0n) is 26.6. The van der Waals surface area contributed by atoms with Crippen LogP contribution in [-0.4, -0.2) is 4.57 Å². The number of benzene rings is 7. The van der Waals surface area contributed by atoms with Crippen LogP contribution in [0.1, 0.15) is 18.4 Å². The van der Waals surface area contributed by atoms with E-state index in [1.807, 2.05) is 0 Å². The number of para-hydroxylation sites is 1. The number of allylic oxidation sites excluding steroid dienone is 4. The van der Waals surface area contributed by atoms with Crippen molar-refractivity contribution < 1.29 is 0 Å². The van der Waals surface area contributed by atoms with Crippen molar-refractivity contribution in [3.8, 4) is 16.8 Å². The standard InChI is InChI=1S/C46H34N2/c1-3-12-33(13-4-1)35-22-27-38(28-23-35)47(39-29-24-36(25-30-39)34-14-5-2-6-15-34)40-17-11-18-41(32-40)48-45-21-10-9-20-43(45)44-31-26-37-16-7-8-19-42(37)46(44)48/h1,3-5,7-32H,2,6H2. The Kier molecular flexibility index (Phi) is 6.98. The Balaban J connectivity index is 1.22. The van der Waals surface area contributed by atoms with Crippen LogP contribution < -0.4 is 4.90 Å². The third kappa shape index (κ3) is 4.90. The summed E-state index contributed by atoms with van der Waals surface area (Å²) in [5.41, 5.74) is 11.9. The number of aromatic nitrogens is 1. The Morgan fingerprint density at radius 3 is 1.92 bits per heavy atom. The summed E-state index contributed by atoms with van der Waals surface area (Å²) < 4.78 is 2.44. The average Bonchev–Trinajstić information content (AvgIpc) is 3.51. The molecule has 2 heteroatoms. The predicted molar refractivity (Wildman–Crippen MR) is 205 cm³/mol. The Morgan fingerprint density at radius 2 is 1.15 bits per heavy atom. The van der Waals surface area contributed by atoms with Gasteiger partial charge in [0.1, 0.15) is 0 Å². The number of anilines is 3. The maximum atomic E-state index is 2.44. The highest BCUT2D eigenvalue weighted by Crippen LogP contribution is 2.40. The Bertz CT molecular complexity index is 2480. The zero-order chi connectivity index (χ0) is 31.9. The maximum Gasteiger partial charge on any atom is 0.0619 e. The number of hydrogen-bond acceptors (Lipinski definition) is 1. The molecule has 0 atom stereocenters. The van der Waals surface area contributed by atoms with Gasteiger partial charge in [0, 0.05) is 38.9 Å². The maximum absolute atomic E-state index is 2.44. The fourth-order valence-corrected chi connectivity index (χ4v) is 7.28. The van der Waals surface area contributed by atoms with Crippen molar-refractivity contribution in [1.29, 1.82) is 0 Å². The van der Waals surface area contributed by atoms with E-state index in [-0.39, 0.29) is 0 Å². The van der Waals surface area contributed by atoms with Gasteiger partial charge in [-0.05, 0) is 89.0 Å². The largest absolute Gasteiger partial charge is 0.310 e. The molecule has 0 N–H and O–H groups in total. The van der Waals surface area contributed by atoms with E-state index in [1.165, 1.54) is 54.8 Å². The zero-order valence-corrected chi connectivity index (χ0v) is 26.6. The molecule has 0 bridgehead atoms. The summed E-state index contributed by atoms with van der Waals surface area (Å²) in [6.07, 6.45) is 9.07. The molecule has 0 amide bonds. The highest BCUT2D eigenvalue weighted by molar-refractivity contribution is 6.18. The normalized spacial score (nSPS) is 12.9. The molecule has 2 nitrogen and oxygen atoms in total.